The minimum atomic E-state index is -1.51. The molecule has 10 nitrogen and oxygen atoms in total. The second kappa shape index (κ2) is 14.3. The molecule has 0 heterocycles. The average molecular weight is 463 g/mol. The van der Waals surface area contributed by atoms with E-state index in [1.165, 1.54) is 6.92 Å². The van der Waals surface area contributed by atoms with E-state index in [9.17, 15) is 29.4 Å². The van der Waals surface area contributed by atoms with Crippen LogP contribution >= 0.6 is 11.8 Å². The van der Waals surface area contributed by atoms with Crippen molar-refractivity contribution in [2.45, 2.75) is 77.7 Å². The lowest BCUT2D eigenvalue weighted by atomic mass is 9.99. The van der Waals surface area contributed by atoms with Crippen LogP contribution in [0.25, 0.3) is 0 Å². The number of carbonyl (C=O) groups is 4. The van der Waals surface area contributed by atoms with Crippen LogP contribution in [0, 0.1) is 11.8 Å². The van der Waals surface area contributed by atoms with Gasteiger partial charge in [0.05, 0.1) is 12.1 Å². The van der Waals surface area contributed by atoms with Gasteiger partial charge in [0.2, 0.25) is 17.7 Å². The van der Waals surface area contributed by atoms with Crippen LogP contribution in [0.5, 0.6) is 0 Å². The molecule has 7 N–H and O–H groups in total. The number of aliphatic hydroxyl groups is 1. The summed E-state index contributed by atoms with van der Waals surface area (Å²) in [7, 11) is 0. The van der Waals surface area contributed by atoms with Crippen molar-refractivity contribution in [3.05, 3.63) is 0 Å². The van der Waals surface area contributed by atoms with Gasteiger partial charge < -0.3 is 31.9 Å². The fraction of sp³-hybridized carbons (Fsp3) is 0.800. The summed E-state index contributed by atoms with van der Waals surface area (Å²) in [5, 5.41) is 26.3. The second-order valence-electron chi connectivity index (χ2n) is 8.37. The number of aliphatic carboxylic acids is 1. The largest absolute Gasteiger partial charge is 0.480 e. The van der Waals surface area contributed by atoms with Crippen molar-refractivity contribution in [2.75, 3.05) is 12.0 Å². The summed E-state index contributed by atoms with van der Waals surface area (Å²) in [6.45, 7) is 8.42. The molecule has 0 fully saturated rings. The second-order valence-corrected chi connectivity index (χ2v) is 9.36. The molecule has 11 heteroatoms. The van der Waals surface area contributed by atoms with E-state index in [0.29, 0.717) is 18.6 Å². The van der Waals surface area contributed by atoms with E-state index in [4.69, 9.17) is 5.73 Å². The third-order valence-corrected chi connectivity index (χ3v) is 5.25. The van der Waals surface area contributed by atoms with E-state index in [2.05, 4.69) is 16.0 Å². The van der Waals surface area contributed by atoms with E-state index >= 15 is 0 Å². The van der Waals surface area contributed by atoms with E-state index < -0.39 is 54.0 Å². The Labute approximate surface area is 188 Å². The Hall–Kier alpha value is -1.85. The third-order valence-electron chi connectivity index (χ3n) is 4.60. The summed E-state index contributed by atoms with van der Waals surface area (Å²) >= 11 is 1.56. The zero-order valence-electron chi connectivity index (χ0n) is 19.2. The van der Waals surface area contributed by atoms with Gasteiger partial charge in [-0.15, -0.1) is 0 Å². The maximum atomic E-state index is 12.9. The molecule has 5 unspecified atom stereocenters. The van der Waals surface area contributed by atoms with Crippen molar-refractivity contribution < 1.29 is 29.4 Å². The molecular formula is C20H38N4O6S. The smallest absolute Gasteiger partial charge is 0.328 e. The molecule has 0 aromatic heterocycles. The highest BCUT2D eigenvalue weighted by atomic mass is 32.2. The van der Waals surface area contributed by atoms with Crippen molar-refractivity contribution in [1.82, 2.24) is 16.0 Å². The minimum Gasteiger partial charge on any atom is -0.480 e. The average Bonchev–Trinajstić information content (AvgIpc) is 2.65. The van der Waals surface area contributed by atoms with Crippen LogP contribution in [0.1, 0.15) is 47.5 Å². The van der Waals surface area contributed by atoms with Crippen LogP contribution < -0.4 is 21.7 Å². The predicted molar refractivity (Wildman–Crippen MR) is 120 cm³/mol. The Morgan fingerprint density at radius 2 is 1.45 bits per heavy atom. The molecule has 0 aliphatic rings. The number of carboxylic acid groups (broad SMARTS) is 1. The number of hydrogen-bond acceptors (Lipinski definition) is 7. The summed E-state index contributed by atoms with van der Waals surface area (Å²) in [4.78, 5) is 49.2. The van der Waals surface area contributed by atoms with Crippen LogP contribution in [-0.4, -0.2) is 76.2 Å². The summed E-state index contributed by atoms with van der Waals surface area (Å²) in [5.41, 5.74) is 5.89. The van der Waals surface area contributed by atoms with Crippen LogP contribution in [0.2, 0.25) is 0 Å². The summed E-state index contributed by atoms with van der Waals surface area (Å²) in [5.74, 6) is -2.70. The Balaban J connectivity index is 5.37. The molecule has 0 saturated heterocycles. The van der Waals surface area contributed by atoms with Crippen LogP contribution in [0.3, 0.4) is 0 Å². The highest BCUT2D eigenvalue weighted by molar-refractivity contribution is 7.98. The normalized spacial score (nSPS) is 16.2. The standard InChI is InChI=1S/C20H38N4O6S/c1-10(2)9-14(22-17(26)13(21)7-8-31-6)18(27)23-15(11(3)4)19(28)24-16(12(5)25)20(29)30/h10-16,25H,7-9,21H2,1-6H3,(H,22,26)(H,23,27)(H,24,28)(H,29,30). The van der Waals surface area contributed by atoms with Gasteiger partial charge in [-0.25, -0.2) is 4.79 Å². The number of thioether (sulfide) groups is 1. The predicted octanol–water partition coefficient (Wildman–Crippen LogP) is -0.311. The molecule has 0 aromatic rings. The number of rotatable bonds is 14. The molecule has 180 valence electrons. The molecule has 0 rings (SSSR count). The molecule has 0 bridgehead atoms. The van der Waals surface area contributed by atoms with Crippen molar-refractivity contribution in [1.29, 1.82) is 0 Å². The monoisotopic (exact) mass is 462 g/mol. The molecule has 3 amide bonds. The lowest BCUT2D eigenvalue weighted by Gasteiger charge is -2.28. The van der Waals surface area contributed by atoms with Crippen LogP contribution in [0.15, 0.2) is 0 Å². The first kappa shape index (κ1) is 29.1. The number of amides is 3. The zero-order chi connectivity index (χ0) is 24.3. The highest BCUT2D eigenvalue weighted by Crippen LogP contribution is 2.09. The fourth-order valence-corrected chi connectivity index (χ4v) is 3.27. The van der Waals surface area contributed by atoms with E-state index in [0.717, 1.165) is 0 Å². The zero-order valence-corrected chi connectivity index (χ0v) is 20.0. The van der Waals surface area contributed by atoms with E-state index in [1.54, 1.807) is 25.6 Å². The quantitative estimate of drug-likeness (QED) is 0.204. The van der Waals surface area contributed by atoms with Crippen LogP contribution in [0.4, 0.5) is 0 Å². The highest BCUT2D eigenvalue weighted by Gasteiger charge is 2.33. The maximum absolute atomic E-state index is 12.9. The van der Waals surface area contributed by atoms with Crippen molar-refractivity contribution in [3.63, 3.8) is 0 Å². The van der Waals surface area contributed by atoms with Gasteiger partial charge in [0, 0.05) is 0 Å². The number of carbonyl (C=O) groups excluding carboxylic acids is 3. The van der Waals surface area contributed by atoms with E-state index in [1.807, 2.05) is 20.1 Å². The maximum Gasteiger partial charge on any atom is 0.328 e. The SMILES string of the molecule is CSCCC(N)C(=O)NC(CC(C)C)C(=O)NC(C(=O)NC(C(=O)O)C(C)O)C(C)C. The van der Waals surface area contributed by atoms with Crippen LogP contribution in [-0.2, 0) is 19.2 Å². The summed E-state index contributed by atoms with van der Waals surface area (Å²) < 4.78 is 0. The Bertz CT molecular complexity index is 614. The molecule has 31 heavy (non-hydrogen) atoms. The van der Waals surface area contributed by atoms with Crippen molar-refractivity contribution in [2.24, 2.45) is 17.6 Å². The summed E-state index contributed by atoms with van der Waals surface area (Å²) in [6.07, 6.45) is 1.39. The lowest BCUT2D eigenvalue weighted by Crippen LogP contribution is -2.59. The molecular weight excluding hydrogens is 424 g/mol. The number of carboxylic acids is 1. The Morgan fingerprint density at radius 1 is 0.903 bits per heavy atom. The molecule has 0 saturated carbocycles. The third kappa shape index (κ3) is 10.8. The first-order valence-corrected chi connectivity index (χ1v) is 11.8. The van der Waals surface area contributed by atoms with Gasteiger partial charge in [0.1, 0.15) is 12.1 Å². The first-order valence-electron chi connectivity index (χ1n) is 10.4. The van der Waals surface area contributed by atoms with Crippen molar-refractivity contribution in [3.8, 4) is 0 Å². The number of aliphatic hydroxyl groups excluding tert-OH is 1. The number of nitrogens with one attached hydrogen (secondary N) is 3. The molecule has 0 aromatic carbocycles. The Kier molecular flexibility index (Phi) is 13.4. The lowest BCUT2D eigenvalue weighted by molar-refractivity contribution is -0.145. The number of hydrogen-bond donors (Lipinski definition) is 6. The molecule has 0 radical (unpaired) electrons. The molecule has 0 aliphatic carbocycles. The fourth-order valence-electron chi connectivity index (χ4n) is 2.78. The van der Waals surface area contributed by atoms with Gasteiger partial charge in [0.15, 0.2) is 6.04 Å². The summed E-state index contributed by atoms with van der Waals surface area (Å²) in [6, 6.07) is -4.20. The van der Waals surface area contributed by atoms with E-state index in [-0.39, 0.29) is 11.8 Å². The van der Waals surface area contributed by atoms with Gasteiger partial charge >= 0.3 is 5.97 Å². The van der Waals surface area contributed by atoms with Gasteiger partial charge in [-0.3, -0.25) is 14.4 Å². The van der Waals surface area contributed by atoms with Crippen molar-refractivity contribution >= 4 is 35.5 Å². The first-order chi connectivity index (χ1) is 14.3. The van der Waals surface area contributed by atoms with Gasteiger partial charge in [0.25, 0.3) is 0 Å². The Morgan fingerprint density at radius 3 is 1.87 bits per heavy atom. The van der Waals surface area contributed by atoms with Gasteiger partial charge in [-0.1, -0.05) is 27.7 Å². The molecule has 5 atom stereocenters. The topological polar surface area (TPSA) is 171 Å². The molecule has 0 aliphatic heterocycles. The van der Waals surface area contributed by atoms with Gasteiger partial charge in [-0.2, -0.15) is 11.8 Å². The minimum absolute atomic E-state index is 0.0800. The molecule has 0 spiro atoms. The van der Waals surface area contributed by atoms with Gasteiger partial charge in [-0.05, 0) is 43.6 Å². The number of nitrogens with two attached hydrogens (primary N) is 1.